The van der Waals surface area contributed by atoms with E-state index in [1.165, 1.54) is 18.2 Å². The molecule has 1 unspecified atom stereocenters. The summed E-state index contributed by atoms with van der Waals surface area (Å²) < 4.78 is 25.5. The van der Waals surface area contributed by atoms with Gasteiger partial charge in [0, 0.05) is 17.7 Å². The molecule has 0 aliphatic heterocycles. The first kappa shape index (κ1) is 24.9. The molecule has 2 atom stereocenters. The van der Waals surface area contributed by atoms with Crippen molar-refractivity contribution in [2.75, 3.05) is 10.6 Å². The lowest BCUT2D eigenvalue weighted by Gasteiger charge is -2.10. The van der Waals surface area contributed by atoms with Gasteiger partial charge in [0.2, 0.25) is 5.91 Å². The summed E-state index contributed by atoms with van der Waals surface area (Å²) in [4.78, 5) is 29.0. The summed E-state index contributed by atoms with van der Waals surface area (Å²) in [6.45, 7) is 0. The number of hydrogen-bond donors (Lipinski definition) is 2. The number of amides is 2. The van der Waals surface area contributed by atoms with Crippen molar-refractivity contribution < 1.29 is 18.4 Å². The summed E-state index contributed by atoms with van der Waals surface area (Å²) in [5, 5.41) is 5.53. The van der Waals surface area contributed by atoms with Gasteiger partial charge in [-0.25, -0.2) is 13.8 Å². The summed E-state index contributed by atoms with van der Waals surface area (Å²) in [6, 6.07) is 9.56. The number of aromatic nitrogens is 1. The lowest BCUT2D eigenvalue weighted by atomic mass is 10.1. The number of halogens is 7. The zero-order valence-corrected chi connectivity index (χ0v) is 20.5. The number of alkyl halides is 2. The molecule has 1 heterocycles. The molecule has 1 fully saturated rings. The molecule has 1 aliphatic rings. The maximum absolute atomic E-state index is 13.8. The number of carbonyl (C=O) groups is 2. The Morgan fingerprint density at radius 3 is 2.29 bits per heavy atom. The molecule has 0 spiro atoms. The van der Waals surface area contributed by atoms with E-state index < -0.39 is 45.4 Å². The Hall–Kier alpha value is -2.16. The first-order valence-electron chi connectivity index (χ1n) is 9.54. The van der Waals surface area contributed by atoms with Gasteiger partial charge in [-0.05, 0) is 35.9 Å². The molecule has 176 valence electrons. The topological polar surface area (TPSA) is 71.1 Å². The van der Waals surface area contributed by atoms with E-state index in [0.29, 0.717) is 21.7 Å². The molecule has 1 aliphatic carbocycles. The van der Waals surface area contributed by atoms with Crippen LogP contribution in [-0.4, -0.2) is 21.1 Å². The predicted molar refractivity (Wildman–Crippen MR) is 129 cm³/mol. The van der Waals surface area contributed by atoms with Crippen molar-refractivity contribution >= 4 is 81.3 Å². The molecule has 34 heavy (non-hydrogen) atoms. The van der Waals surface area contributed by atoms with E-state index >= 15 is 0 Å². The fourth-order valence-electron chi connectivity index (χ4n) is 3.45. The third-order valence-electron chi connectivity index (χ3n) is 5.16. The minimum atomic E-state index is -1.38. The van der Waals surface area contributed by atoms with Crippen molar-refractivity contribution in [1.82, 2.24) is 4.98 Å². The molecule has 2 N–H and O–H groups in total. The third kappa shape index (κ3) is 4.95. The van der Waals surface area contributed by atoms with Gasteiger partial charge in [-0.3, -0.25) is 9.59 Å². The van der Waals surface area contributed by atoms with E-state index in [1.54, 1.807) is 18.2 Å². The van der Waals surface area contributed by atoms with Crippen LogP contribution < -0.4 is 10.6 Å². The lowest BCUT2D eigenvalue weighted by Crippen LogP contribution is -2.18. The van der Waals surface area contributed by atoms with Crippen molar-refractivity contribution in [1.29, 1.82) is 0 Å². The Kier molecular flexibility index (Phi) is 6.95. The highest BCUT2D eigenvalue weighted by Crippen LogP contribution is 2.65. The fraction of sp³-hybridized carbons (Fsp3) is 0.136. The van der Waals surface area contributed by atoms with Crippen LogP contribution in [0.15, 0.2) is 48.7 Å². The Bertz CT molecular complexity index is 1320. The summed E-state index contributed by atoms with van der Waals surface area (Å²) in [5.74, 6) is -5.09. The van der Waals surface area contributed by atoms with Crippen LogP contribution in [0.2, 0.25) is 15.1 Å². The first-order valence-corrected chi connectivity index (χ1v) is 11.4. The van der Waals surface area contributed by atoms with Crippen LogP contribution in [0, 0.1) is 17.6 Å². The molecular formula is C22H12Cl5F2N3O2. The van der Waals surface area contributed by atoms with Crippen LogP contribution in [0.25, 0.3) is 0 Å². The molecule has 3 aromatic rings. The molecule has 0 bridgehead atoms. The molecule has 1 saturated carbocycles. The number of pyridine rings is 1. The molecule has 2 aromatic carbocycles. The minimum Gasteiger partial charge on any atom is -0.326 e. The standard InChI is InChI=1S/C22H12Cl5F2N3O2/c23-13-4-2-11(7-12(13)20(33)32-19-16(29)6-10(28)8-30-19)31-21(34)18-17(22(18,26)27)9-1-3-14(24)15(25)5-9/h1-8,17-18H,(H,31,34)(H,30,32,33)/t17-,18?/m0/s1. The van der Waals surface area contributed by atoms with Crippen molar-refractivity contribution in [3.8, 4) is 0 Å². The van der Waals surface area contributed by atoms with E-state index in [2.05, 4.69) is 15.6 Å². The Morgan fingerprint density at radius 1 is 0.912 bits per heavy atom. The van der Waals surface area contributed by atoms with Gasteiger partial charge in [0.25, 0.3) is 5.91 Å². The smallest absolute Gasteiger partial charge is 0.258 e. The number of carbonyl (C=O) groups excluding carboxylic acids is 2. The van der Waals surface area contributed by atoms with E-state index in [9.17, 15) is 18.4 Å². The monoisotopic (exact) mass is 563 g/mol. The summed E-state index contributed by atoms with van der Waals surface area (Å²) >= 11 is 30.8. The van der Waals surface area contributed by atoms with Crippen LogP contribution in [0.1, 0.15) is 21.8 Å². The average Bonchev–Trinajstić information content (AvgIpc) is 3.35. The van der Waals surface area contributed by atoms with Gasteiger partial charge in [-0.2, -0.15) is 0 Å². The molecule has 0 radical (unpaired) electrons. The highest BCUT2D eigenvalue weighted by atomic mass is 35.5. The van der Waals surface area contributed by atoms with Gasteiger partial charge in [0.1, 0.15) is 10.2 Å². The molecule has 2 amide bonds. The molecule has 0 saturated heterocycles. The zero-order chi connectivity index (χ0) is 24.8. The first-order chi connectivity index (χ1) is 16.0. The van der Waals surface area contributed by atoms with E-state index in [-0.39, 0.29) is 16.3 Å². The maximum atomic E-state index is 13.8. The van der Waals surface area contributed by atoms with Crippen molar-refractivity contribution in [2.24, 2.45) is 5.92 Å². The van der Waals surface area contributed by atoms with E-state index in [4.69, 9.17) is 58.0 Å². The van der Waals surface area contributed by atoms with Crippen LogP contribution in [0.5, 0.6) is 0 Å². The summed E-state index contributed by atoms with van der Waals surface area (Å²) in [5.41, 5.74) is 0.783. The quantitative estimate of drug-likeness (QED) is 0.324. The fourth-order valence-corrected chi connectivity index (χ4v) is 4.79. The van der Waals surface area contributed by atoms with E-state index in [1.807, 2.05) is 0 Å². The minimum absolute atomic E-state index is 0.0298. The number of nitrogens with zero attached hydrogens (tertiary/aromatic N) is 1. The number of rotatable bonds is 5. The molecular weight excluding hydrogens is 554 g/mol. The SMILES string of the molecule is O=C(Nc1ncc(F)cc1F)c1cc(NC(=O)C2[C@H](c3ccc(Cl)c(Cl)c3)C2(Cl)Cl)ccc1Cl. The average molecular weight is 566 g/mol. The second kappa shape index (κ2) is 9.47. The predicted octanol–water partition coefficient (Wildman–Crippen LogP) is 7.10. The van der Waals surface area contributed by atoms with Crippen LogP contribution in [0.4, 0.5) is 20.3 Å². The molecule has 12 heteroatoms. The van der Waals surface area contributed by atoms with E-state index in [0.717, 1.165) is 6.20 Å². The van der Waals surface area contributed by atoms with Crippen molar-refractivity contribution in [3.05, 3.63) is 86.5 Å². The maximum Gasteiger partial charge on any atom is 0.258 e. The highest BCUT2D eigenvalue weighted by Gasteiger charge is 2.67. The van der Waals surface area contributed by atoms with Gasteiger partial charge in [0.05, 0.1) is 32.7 Å². The largest absolute Gasteiger partial charge is 0.326 e. The van der Waals surface area contributed by atoms with Crippen molar-refractivity contribution in [2.45, 2.75) is 10.3 Å². The number of benzene rings is 2. The summed E-state index contributed by atoms with van der Waals surface area (Å²) in [6.07, 6.45) is 0.751. The van der Waals surface area contributed by atoms with Crippen LogP contribution >= 0.6 is 58.0 Å². The number of anilines is 2. The normalized spacial score (nSPS) is 18.3. The van der Waals surface area contributed by atoms with Crippen LogP contribution in [0.3, 0.4) is 0 Å². The number of hydrogen-bond acceptors (Lipinski definition) is 3. The number of nitrogens with one attached hydrogen (secondary N) is 2. The second-order valence-electron chi connectivity index (χ2n) is 7.43. The molecule has 1 aromatic heterocycles. The Labute approximate surface area is 217 Å². The zero-order valence-electron chi connectivity index (χ0n) is 16.7. The highest BCUT2D eigenvalue weighted by molar-refractivity contribution is 6.53. The second-order valence-corrected chi connectivity index (χ2v) is 10.1. The van der Waals surface area contributed by atoms with Crippen LogP contribution in [-0.2, 0) is 4.79 Å². The summed E-state index contributed by atoms with van der Waals surface area (Å²) in [7, 11) is 0. The lowest BCUT2D eigenvalue weighted by molar-refractivity contribution is -0.117. The Balaban J connectivity index is 1.51. The van der Waals surface area contributed by atoms with Gasteiger partial charge in [0.15, 0.2) is 11.6 Å². The molecule has 5 nitrogen and oxygen atoms in total. The molecule has 4 rings (SSSR count). The van der Waals surface area contributed by atoms with Crippen molar-refractivity contribution in [3.63, 3.8) is 0 Å². The van der Waals surface area contributed by atoms with Gasteiger partial charge in [-0.15, -0.1) is 23.2 Å². The van der Waals surface area contributed by atoms with Gasteiger partial charge < -0.3 is 10.6 Å². The third-order valence-corrected chi connectivity index (χ3v) is 7.17. The Morgan fingerprint density at radius 2 is 1.62 bits per heavy atom. The van der Waals surface area contributed by atoms with Gasteiger partial charge >= 0.3 is 0 Å². The van der Waals surface area contributed by atoms with Gasteiger partial charge in [-0.1, -0.05) is 40.9 Å².